The van der Waals surface area contributed by atoms with E-state index in [9.17, 15) is 9.59 Å². The summed E-state index contributed by atoms with van der Waals surface area (Å²) < 4.78 is 16.4. The first kappa shape index (κ1) is 22.0. The molecule has 0 bridgehead atoms. The number of esters is 1. The van der Waals surface area contributed by atoms with Crippen LogP contribution in [0.4, 0.5) is 10.5 Å². The molecule has 2 aromatic carbocycles. The van der Waals surface area contributed by atoms with E-state index in [1.807, 2.05) is 30.3 Å². The Bertz CT molecular complexity index is 840. The number of benzene rings is 2. The fourth-order valence-corrected chi connectivity index (χ4v) is 2.44. The average molecular weight is 397 g/mol. The molecule has 29 heavy (non-hydrogen) atoms. The number of nitrogens with one attached hydrogen (secondary N) is 1. The van der Waals surface area contributed by atoms with E-state index in [-0.39, 0.29) is 0 Å². The van der Waals surface area contributed by atoms with E-state index < -0.39 is 23.8 Å². The number of carbonyl (C=O) groups excluding carboxylic acids is 2. The number of hydrogen-bond donors (Lipinski definition) is 1. The van der Waals surface area contributed by atoms with Crippen molar-refractivity contribution in [2.75, 3.05) is 11.9 Å². The molecule has 0 saturated heterocycles. The second kappa shape index (κ2) is 10.3. The van der Waals surface area contributed by atoms with Crippen LogP contribution in [-0.2, 0) is 14.3 Å². The van der Waals surface area contributed by atoms with Crippen LogP contribution in [0.15, 0.2) is 66.7 Å². The summed E-state index contributed by atoms with van der Waals surface area (Å²) in [6.45, 7) is 7.42. The van der Waals surface area contributed by atoms with Crippen LogP contribution >= 0.6 is 0 Å². The molecular weight excluding hydrogens is 370 g/mol. The normalized spacial score (nSPS) is 12.3. The largest absolute Gasteiger partial charge is 0.479 e. The molecule has 0 aliphatic carbocycles. The standard InChI is InChI=1S/C23H27NO5/c1-5-27-21(25)16-15-19(17-11-7-6-8-12-17)28-20-14-10-9-13-18(20)24-22(26)29-23(2,3)4/h6-16,19H,5H2,1-4H3,(H,24,26)/b16-15+. The third-order valence-electron chi connectivity index (χ3n) is 3.60. The first-order valence-electron chi connectivity index (χ1n) is 9.44. The summed E-state index contributed by atoms with van der Waals surface area (Å²) in [5.74, 6) is -0.00193. The second-order valence-electron chi connectivity index (χ2n) is 7.18. The third kappa shape index (κ3) is 7.70. The molecule has 6 heteroatoms. The molecule has 1 amide bonds. The highest BCUT2D eigenvalue weighted by Gasteiger charge is 2.19. The van der Waals surface area contributed by atoms with E-state index in [0.29, 0.717) is 18.0 Å². The predicted octanol–water partition coefficient (Wildman–Crippen LogP) is 5.27. The highest BCUT2D eigenvalue weighted by molar-refractivity contribution is 5.87. The molecule has 0 aliphatic rings. The van der Waals surface area contributed by atoms with Gasteiger partial charge in [-0.1, -0.05) is 42.5 Å². The Morgan fingerprint density at radius 3 is 2.34 bits per heavy atom. The molecule has 0 saturated carbocycles. The maximum Gasteiger partial charge on any atom is 0.412 e. The van der Waals surface area contributed by atoms with Crippen LogP contribution in [0.25, 0.3) is 0 Å². The number of rotatable bonds is 7. The second-order valence-corrected chi connectivity index (χ2v) is 7.18. The van der Waals surface area contributed by atoms with Crippen molar-refractivity contribution in [1.82, 2.24) is 0 Å². The van der Waals surface area contributed by atoms with E-state index in [0.717, 1.165) is 5.56 Å². The van der Waals surface area contributed by atoms with Gasteiger partial charge in [0.05, 0.1) is 12.3 Å². The maximum absolute atomic E-state index is 12.2. The summed E-state index contributed by atoms with van der Waals surface area (Å²) in [7, 11) is 0. The van der Waals surface area contributed by atoms with Crippen LogP contribution in [-0.4, -0.2) is 24.3 Å². The molecule has 1 N–H and O–H groups in total. The van der Waals surface area contributed by atoms with Crippen molar-refractivity contribution >= 4 is 17.7 Å². The fourth-order valence-electron chi connectivity index (χ4n) is 2.44. The van der Waals surface area contributed by atoms with Crippen LogP contribution < -0.4 is 10.1 Å². The number of para-hydroxylation sites is 2. The highest BCUT2D eigenvalue weighted by atomic mass is 16.6. The lowest BCUT2D eigenvalue weighted by atomic mass is 10.1. The van der Waals surface area contributed by atoms with Gasteiger partial charge in [0.15, 0.2) is 0 Å². The SMILES string of the molecule is CCOC(=O)/C=C/C(Oc1ccccc1NC(=O)OC(C)(C)C)c1ccccc1. The summed E-state index contributed by atoms with van der Waals surface area (Å²) in [5.41, 5.74) is 0.696. The molecule has 0 aromatic heterocycles. The Morgan fingerprint density at radius 2 is 1.69 bits per heavy atom. The van der Waals surface area contributed by atoms with E-state index in [4.69, 9.17) is 14.2 Å². The van der Waals surface area contributed by atoms with Gasteiger partial charge in [0.2, 0.25) is 0 Å². The smallest absolute Gasteiger partial charge is 0.412 e. The van der Waals surface area contributed by atoms with Crippen LogP contribution in [0, 0.1) is 0 Å². The Morgan fingerprint density at radius 1 is 1.03 bits per heavy atom. The minimum absolute atomic E-state index is 0.294. The Hall–Kier alpha value is -3.28. The van der Waals surface area contributed by atoms with Gasteiger partial charge < -0.3 is 14.2 Å². The van der Waals surface area contributed by atoms with Gasteiger partial charge >= 0.3 is 12.1 Å². The predicted molar refractivity (Wildman–Crippen MR) is 112 cm³/mol. The van der Waals surface area contributed by atoms with Crippen molar-refractivity contribution in [1.29, 1.82) is 0 Å². The van der Waals surface area contributed by atoms with E-state index in [1.165, 1.54) is 6.08 Å². The summed E-state index contributed by atoms with van der Waals surface area (Å²) in [4.78, 5) is 23.9. The number of carbonyl (C=O) groups is 2. The number of anilines is 1. The van der Waals surface area contributed by atoms with Gasteiger partial charge in [0.25, 0.3) is 0 Å². The van der Waals surface area contributed by atoms with Gasteiger partial charge in [-0.05, 0) is 51.5 Å². The lowest BCUT2D eigenvalue weighted by Crippen LogP contribution is -2.27. The first-order chi connectivity index (χ1) is 13.8. The molecule has 0 heterocycles. The van der Waals surface area contributed by atoms with Crippen molar-refractivity contribution in [3.8, 4) is 5.75 Å². The minimum Gasteiger partial charge on any atom is -0.479 e. The van der Waals surface area contributed by atoms with E-state index in [2.05, 4.69) is 5.32 Å². The highest BCUT2D eigenvalue weighted by Crippen LogP contribution is 2.30. The zero-order chi connectivity index (χ0) is 21.3. The van der Waals surface area contributed by atoms with Crippen LogP contribution in [0.1, 0.15) is 39.4 Å². The first-order valence-corrected chi connectivity index (χ1v) is 9.44. The monoisotopic (exact) mass is 397 g/mol. The molecule has 6 nitrogen and oxygen atoms in total. The lowest BCUT2D eigenvalue weighted by molar-refractivity contribution is -0.137. The Kier molecular flexibility index (Phi) is 7.83. The third-order valence-corrected chi connectivity index (χ3v) is 3.60. The van der Waals surface area contributed by atoms with Crippen LogP contribution in [0.2, 0.25) is 0 Å². The number of hydrogen-bond acceptors (Lipinski definition) is 5. The van der Waals surface area contributed by atoms with Gasteiger partial charge in [0, 0.05) is 6.08 Å². The van der Waals surface area contributed by atoms with Gasteiger partial charge in [-0.25, -0.2) is 9.59 Å². The summed E-state index contributed by atoms with van der Waals surface area (Å²) in [6, 6.07) is 16.5. The van der Waals surface area contributed by atoms with Crippen molar-refractivity contribution in [3.63, 3.8) is 0 Å². The van der Waals surface area contributed by atoms with E-state index in [1.54, 1.807) is 58.0 Å². The fraction of sp³-hybridized carbons (Fsp3) is 0.304. The zero-order valence-electron chi connectivity index (χ0n) is 17.2. The molecule has 1 unspecified atom stereocenters. The molecule has 154 valence electrons. The molecule has 2 aromatic rings. The molecule has 0 fully saturated rings. The van der Waals surface area contributed by atoms with Gasteiger partial charge in [-0.15, -0.1) is 0 Å². The number of amides is 1. The molecular formula is C23H27NO5. The van der Waals surface area contributed by atoms with Crippen molar-refractivity contribution in [2.24, 2.45) is 0 Å². The average Bonchev–Trinajstić information content (AvgIpc) is 2.66. The minimum atomic E-state index is -0.616. The van der Waals surface area contributed by atoms with Gasteiger partial charge in [0.1, 0.15) is 17.5 Å². The summed E-state index contributed by atoms with van der Waals surface area (Å²) in [5, 5.41) is 2.71. The lowest BCUT2D eigenvalue weighted by Gasteiger charge is -2.22. The molecule has 0 aliphatic heterocycles. The molecule has 0 spiro atoms. The van der Waals surface area contributed by atoms with Crippen LogP contribution in [0.5, 0.6) is 5.75 Å². The van der Waals surface area contributed by atoms with Crippen LogP contribution in [0.3, 0.4) is 0 Å². The topological polar surface area (TPSA) is 73.9 Å². The Balaban J connectivity index is 2.24. The number of ether oxygens (including phenoxy) is 3. The van der Waals surface area contributed by atoms with Crippen molar-refractivity contribution in [3.05, 3.63) is 72.3 Å². The van der Waals surface area contributed by atoms with E-state index >= 15 is 0 Å². The molecule has 0 radical (unpaired) electrons. The zero-order valence-corrected chi connectivity index (χ0v) is 17.2. The van der Waals surface area contributed by atoms with Crippen molar-refractivity contribution in [2.45, 2.75) is 39.4 Å². The molecule has 2 rings (SSSR count). The van der Waals surface area contributed by atoms with Crippen molar-refractivity contribution < 1.29 is 23.8 Å². The van der Waals surface area contributed by atoms with Gasteiger partial charge in [-0.3, -0.25) is 5.32 Å². The summed E-state index contributed by atoms with van der Waals surface area (Å²) >= 11 is 0. The van der Waals surface area contributed by atoms with Gasteiger partial charge in [-0.2, -0.15) is 0 Å². The Labute approximate surface area is 171 Å². The maximum atomic E-state index is 12.2. The molecule has 1 atom stereocenters. The quantitative estimate of drug-likeness (QED) is 0.509. The summed E-state index contributed by atoms with van der Waals surface area (Å²) in [6.07, 6.45) is 1.83.